The number of nitrogens with one attached hydrogen (secondary N) is 2. The van der Waals surface area contributed by atoms with E-state index >= 15 is 0 Å². The quantitative estimate of drug-likeness (QED) is 0.450. The number of ether oxygens (including phenoxy) is 3. The Kier molecular flexibility index (Phi) is 7.93. The van der Waals surface area contributed by atoms with Crippen LogP contribution in [0.4, 0.5) is 0 Å². The van der Waals surface area contributed by atoms with E-state index in [9.17, 15) is 5.11 Å². The molecule has 122 valence electrons. The lowest BCUT2D eigenvalue weighted by molar-refractivity contribution is -0.0600. The molecule has 10 heteroatoms. The number of hydrogen-bond acceptors (Lipinski definition) is 7. The molecule has 0 bridgehead atoms. The van der Waals surface area contributed by atoms with Crippen LogP contribution in [0.2, 0.25) is 0 Å². The van der Waals surface area contributed by atoms with Gasteiger partial charge < -0.3 is 29.5 Å². The molecule has 0 aromatic heterocycles. The highest BCUT2D eigenvalue weighted by Crippen LogP contribution is 2.06. The van der Waals surface area contributed by atoms with Crippen molar-refractivity contribution in [2.24, 2.45) is 9.98 Å². The van der Waals surface area contributed by atoms with Gasteiger partial charge in [-0.05, 0) is 0 Å². The van der Waals surface area contributed by atoms with Gasteiger partial charge in [-0.2, -0.15) is 0 Å². The van der Waals surface area contributed by atoms with E-state index in [1.54, 1.807) is 31.1 Å². The minimum absolute atomic E-state index is 0.190. The lowest BCUT2D eigenvalue weighted by atomic mass is 10.5. The normalized spacial score (nSPS) is 22.8. The standard InChI is InChI=1S/C11H24N6O4/c1-16-10(13-6-20-3)14-9(12-5-19-2)15-11(16)17(7-18)8-21-4/h11,18H,5-8H2,1-4H3,(H2,12,13,14,15). The first-order valence-electron chi connectivity index (χ1n) is 6.35. The second-order valence-corrected chi connectivity index (χ2v) is 4.23. The molecule has 1 unspecified atom stereocenters. The lowest BCUT2D eigenvalue weighted by Gasteiger charge is -2.42. The van der Waals surface area contributed by atoms with Crippen LogP contribution < -0.4 is 10.6 Å². The van der Waals surface area contributed by atoms with Gasteiger partial charge in [0.1, 0.15) is 26.9 Å². The fourth-order valence-corrected chi connectivity index (χ4v) is 1.75. The molecule has 1 heterocycles. The highest BCUT2D eigenvalue weighted by atomic mass is 16.5. The molecule has 0 spiro atoms. The highest BCUT2D eigenvalue weighted by Gasteiger charge is 2.30. The zero-order valence-electron chi connectivity index (χ0n) is 12.9. The molecule has 1 atom stereocenters. The van der Waals surface area contributed by atoms with Crippen LogP contribution in [0.1, 0.15) is 0 Å². The molecule has 0 radical (unpaired) electrons. The molecule has 10 nitrogen and oxygen atoms in total. The Morgan fingerprint density at radius 3 is 2.43 bits per heavy atom. The molecule has 1 fully saturated rings. The maximum atomic E-state index is 9.48. The van der Waals surface area contributed by atoms with E-state index in [1.807, 2.05) is 7.05 Å². The Bertz CT molecular complexity index is 365. The average Bonchev–Trinajstić information content (AvgIpc) is 2.50. The fraction of sp³-hybridized carbons (Fsp3) is 0.818. The summed E-state index contributed by atoms with van der Waals surface area (Å²) in [6.45, 7) is 0.464. The minimum atomic E-state index is -0.373. The van der Waals surface area contributed by atoms with E-state index in [2.05, 4.69) is 20.6 Å². The first-order valence-corrected chi connectivity index (χ1v) is 6.35. The van der Waals surface area contributed by atoms with Gasteiger partial charge >= 0.3 is 0 Å². The number of methoxy groups -OCH3 is 3. The molecule has 0 aliphatic carbocycles. The fourth-order valence-electron chi connectivity index (χ4n) is 1.75. The van der Waals surface area contributed by atoms with Crippen molar-refractivity contribution in [3.05, 3.63) is 0 Å². The van der Waals surface area contributed by atoms with Crippen molar-refractivity contribution in [2.45, 2.75) is 6.29 Å². The zero-order valence-corrected chi connectivity index (χ0v) is 12.9. The number of hydrogen-bond donors (Lipinski definition) is 3. The molecule has 0 aromatic rings. The van der Waals surface area contributed by atoms with E-state index in [1.165, 1.54) is 0 Å². The molecule has 1 aliphatic heterocycles. The summed E-state index contributed by atoms with van der Waals surface area (Å²) in [5, 5.41) is 15.6. The zero-order chi connectivity index (χ0) is 15.7. The third kappa shape index (κ3) is 5.10. The predicted octanol–water partition coefficient (Wildman–Crippen LogP) is -1.83. The number of aliphatic imine (C=N–C) groups is 2. The van der Waals surface area contributed by atoms with Gasteiger partial charge in [0.25, 0.3) is 0 Å². The summed E-state index contributed by atoms with van der Waals surface area (Å²) in [6, 6.07) is 0. The van der Waals surface area contributed by atoms with Crippen LogP contribution in [0.15, 0.2) is 9.98 Å². The molecule has 1 rings (SSSR count). The number of guanidine groups is 2. The Balaban J connectivity index is 2.92. The summed E-state index contributed by atoms with van der Waals surface area (Å²) in [7, 11) is 6.50. The summed E-state index contributed by atoms with van der Waals surface area (Å²) in [5.74, 6) is 1.05. The van der Waals surface area contributed by atoms with Crippen molar-refractivity contribution < 1.29 is 19.3 Å². The maximum Gasteiger partial charge on any atom is 0.205 e. The Hall–Kier alpha value is -1.46. The van der Waals surface area contributed by atoms with Crippen LogP contribution in [-0.4, -0.2) is 88.4 Å². The molecule has 3 N–H and O–H groups in total. The van der Waals surface area contributed by atoms with Gasteiger partial charge in [-0.1, -0.05) is 0 Å². The van der Waals surface area contributed by atoms with Crippen LogP contribution in [0, 0.1) is 0 Å². The van der Waals surface area contributed by atoms with Crippen molar-refractivity contribution in [1.82, 2.24) is 20.4 Å². The average molecular weight is 304 g/mol. The third-order valence-electron chi connectivity index (χ3n) is 2.71. The Morgan fingerprint density at radius 1 is 1.19 bits per heavy atom. The van der Waals surface area contributed by atoms with Crippen molar-refractivity contribution in [3.63, 3.8) is 0 Å². The monoisotopic (exact) mass is 304 g/mol. The molecule has 1 saturated heterocycles. The summed E-state index contributed by atoms with van der Waals surface area (Å²) in [5.41, 5.74) is 0. The molecular formula is C11H24N6O4. The van der Waals surface area contributed by atoms with Crippen LogP contribution >= 0.6 is 0 Å². The number of nitrogens with zero attached hydrogens (tertiary/aromatic N) is 4. The van der Waals surface area contributed by atoms with Crippen molar-refractivity contribution in [1.29, 1.82) is 0 Å². The Labute approximate surface area is 124 Å². The van der Waals surface area contributed by atoms with Gasteiger partial charge in [0.2, 0.25) is 11.9 Å². The van der Waals surface area contributed by atoms with E-state index in [-0.39, 0.29) is 33.2 Å². The smallest absolute Gasteiger partial charge is 0.205 e. The van der Waals surface area contributed by atoms with Crippen molar-refractivity contribution in [3.8, 4) is 0 Å². The largest absolute Gasteiger partial charge is 0.381 e. The first-order chi connectivity index (χ1) is 10.2. The summed E-state index contributed by atoms with van der Waals surface area (Å²) in [4.78, 5) is 11.9. The summed E-state index contributed by atoms with van der Waals surface area (Å²) < 4.78 is 15.0. The summed E-state index contributed by atoms with van der Waals surface area (Å²) in [6.07, 6.45) is -0.373. The molecule has 0 aromatic carbocycles. The van der Waals surface area contributed by atoms with Gasteiger partial charge in [0, 0.05) is 28.4 Å². The number of aliphatic hydroxyl groups excluding tert-OH is 1. The highest BCUT2D eigenvalue weighted by molar-refractivity contribution is 6.00. The van der Waals surface area contributed by atoms with Gasteiger partial charge in [-0.25, -0.2) is 14.9 Å². The number of aliphatic hydroxyl groups is 1. The van der Waals surface area contributed by atoms with E-state index in [4.69, 9.17) is 14.2 Å². The van der Waals surface area contributed by atoms with E-state index in [0.717, 1.165) is 0 Å². The minimum Gasteiger partial charge on any atom is -0.381 e. The molecule has 0 amide bonds. The Morgan fingerprint density at radius 2 is 1.86 bits per heavy atom. The van der Waals surface area contributed by atoms with Crippen molar-refractivity contribution in [2.75, 3.05) is 55.3 Å². The predicted molar refractivity (Wildman–Crippen MR) is 77.2 cm³/mol. The van der Waals surface area contributed by atoms with Crippen molar-refractivity contribution >= 4 is 11.9 Å². The molecule has 21 heavy (non-hydrogen) atoms. The van der Waals surface area contributed by atoms with E-state index < -0.39 is 0 Å². The topological polar surface area (TPSA) is 103 Å². The lowest BCUT2D eigenvalue weighted by Crippen LogP contribution is -2.69. The van der Waals surface area contributed by atoms with Crippen LogP contribution in [0.25, 0.3) is 0 Å². The third-order valence-corrected chi connectivity index (χ3v) is 2.71. The van der Waals surface area contributed by atoms with Crippen LogP contribution in [0.3, 0.4) is 0 Å². The summed E-state index contributed by atoms with van der Waals surface area (Å²) >= 11 is 0. The van der Waals surface area contributed by atoms with Crippen LogP contribution in [0.5, 0.6) is 0 Å². The molecular weight excluding hydrogens is 280 g/mol. The maximum absolute atomic E-state index is 9.48. The van der Waals surface area contributed by atoms with Gasteiger partial charge in [-0.3, -0.25) is 5.32 Å². The molecule has 1 aliphatic rings. The second kappa shape index (κ2) is 9.47. The second-order valence-electron chi connectivity index (χ2n) is 4.23. The first kappa shape index (κ1) is 17.6. The molecule has 0 saturated carbocycles. The van der Waals surface area contributed by atoms with Gasteiger partial charge in [0.15, 0.2) is 6.29 Å². The number of rotatable bonds is 8. The van der Waals surface area contributed by atoms with Gasteiger partial charge in [0.05, 0.1) is 0 Å². The van der Waals surface area contributed by atoms with E-state index in [0.29, 0.717) is 11.9 Å². The van der Waals surface area contributed by atoms with Crippen LogP contribution in [-0.2, 0) is 14.2 Å². The SMILES string of the molecule is COCN=C1NC(=NCOC)N(C)C(N(CO)COC)N1. The van der Waals surface area contributed by atoms with Gasteiger partial charge in [-0.15, -0.1) is 0 Å².